The molecule has 0 radical (unpaired) electrons. The summed E-state index contributed by atoms with van der Waals surface area (Å²) in [7, 11) is -0.758. The molecule has 8 heteroatoms. The van der Waals surface area contributed by atoms with E-state index in [-0.39, 0.29) is 10.6 Å². The summed E-state index contributed by atoms with van der Waals surface area (Å²) >= 11 is 0. The molecule has 0 saturated carbocycles. The van der Waals surface area contributed by atoms with Crippen LogP contribution in [0.25, 0.3) is 0 Å². The summed E-state index contributed by atoms with van der Waals surface area (Å²) in [6.07, 6.45) is 1.91. The molecule has 170 valence electrons. The number of likely N-dealkylation sites (tertiary alicyclic amines) is 1. The predicted octanol–water partition coefficient (Wildman–Crippen LogP) is 2.93. The number of nitrogens with zero attached hydrogens (tertiary/aromatic N) is 2. The SMILES string of the molecule is COC(=O)c1cc(S(=O)(=O)NCC2CCN(Cc3cc(C)ccc3C)CC2)c(C)n1C. The van der Waals surface area contributed by atoms with Gasteiger partial charge in [0.25, 0.3) is 0 Å². The zero-order valence-corrected chi connectivity index (χ0v) is 19.9. The van der Waals surface area contributed by atoms with Gasteiger partial charge in [0, 0.05) is 25.8 Å². The van der Waals surface area contributed by atoms with Crippen LogP contribution in [-0.2, 0) is 28.4 Å². The van der Waals surface area contributed by atoms with Gasteiger partial charge in [0.05, 0.1) is 7.11 Å². The normalized spacial score (nSPS) is 15.9. The molecule has 1 aromatic carbocycles. The van der Waals surface area contributed by atoms with Crippen LogP contribution in [0, 0.1) is 26.7 Å². The highest BCUT2D eigenvalue weighted by atomic mass is 32.2. The third kappa shape index (κ3) is 5.37. The lowest BCUT2D eigenvalue weighted by Crippen LogP contribution is -2.38. The number of ether oxygens (including phenoxy) is 1. The Hall–Kier alpha value is -2.16. The predicted molar refractivity (Wildman–Crippen MR) is 121 cm³/mol. The number of hydrogen-bond donors (Lipinski definition) is 1. The molecule has 0 bridgehead atoms. The van der Waals surface area contributed by atoms with Crippen molar-refractivity contribution in [2.24, 2.45) is 13.0 Å². The van der Waals surface area contributed by atoms with E-state index in [9.17, 15) is 13.2 Å². The fourth-order valence-corrected chi connectivity index (χ4v) is 5.51. The fraction of sp³-hybridized carbons (Fsp3) is 0.522. The van der Waals surface area contributed by atoms with Crippen LogP contribution in [0.1, 0.15) is 45.7 Å². The quantitative estimate of drug-likeness (QED) is 0.660. The summed E-state index contributed by atoms with van der Waals surface area (Å²) in [6.45, 7) is 9.20. The maximum absolute atomic E-state index is 12.9. The second-order valence-electron chi connectivity index (χ2n) is 8.53. The van der Waals surface area contributed by atoms with Gasteiger partial charge in [0.1, 0.15) is 10.6 Å². The van der Waals surface area contributed by atoms with Crippen molar-refractivity contribution in [2.75, 3.05) is 26.7 Å². The van der Waals surface area contributed by atoms with Crippen LogP contribution in [0.2, 0.25) is 0 Å². The zero-order chi connectivity index (χ0) is 22.8. The Morgan fingerprint density at radius 1 is 1.16 bits per heavy atom. The van der Waals surface area contributed by atoms with E-state index in [1.165, 1.54) is 29.9 Å². The summed E-state index contributed by atoms with van der Waals surface area (Å²) in [5.74, 6) is -0.253. The van der Waals surface area contributed by atoms with Gasteiger partial charge in [-0.05, 0) is 69.8 Å². The maximum Gasteiger partial charge on any atom is 0.354 e. The van der Waals surface area contributed by atoms with Crippen LogP contribution in [0.15, 0.2) is 29.2 Å². The van der Waals surface area contributed by atoms with Crippen LogP contribution in [0.4, 0.5) is 0 Å². The minimum absolute atomic E-state index is 0.128. The lowest BCUT2D eigenvalue weighted by molar-refractivity contribution is 0.0589. The number of aromatic nitrogens is 1. The molecule has 0 amide bonds. The third-order valence-electron chi connectivity index (χ3n) is 6.34. The van der Waals surface area contributed by atoms with Crippen LogP contribution in [0.5, 0.6) is 0 Å². The van der Waals surface area contributed by atoms with Gasteiger partial charge in [-0.3, -0.25) is 4.90 Å². The van der Waals surface area contributed by atoms with Gasteiger partial charge in [0.15, 0.2) is 0 Å². The van der Waals surface area contributed by atoms with E-state index in [2.05, 4.69) is 41.7 Å². The number of sulfonamides is 1. The molecule has 1 N–H and O–H groups in total. The summed E-state index contributed by atoms with van der Waals surface area (Å²) in [4.78, 5) is 14.4. The second-order valence-corrected chi connectivity index (χ2v) is 10.3. The highest BCUT2D eigenvalue weighted by Gasteiger charge is 2.26. The van der Waals surface area contributed by atoms with E-state index < -0.39 is 16.0 Å². The minimum Gasteiger partial charge on any atom is -0.464 e. The maximum atomic E-state index is 12.9. The number of nitrogens with one attached hydrogen (secondary N) is 1. The van der Waals surface area contributed by atoms with Crippen LogP contribution in [-0.4, -0.2) is 50.6 Å². The molecule has 1 aliphatic rings. The van der Waals surface area contributed by atoms with Gasteiger partial charge in [-0.1, -0.05) is 23.8 Å². The van der Waals surface area contributed by atoms with E-state index in [1.54, 1.807) is 18.5 Å². The van der Waals surface area contributed by atoms with E-state index in [0.717, 1.165) is 32.5 Å². The first kappa shape index (κ1) is 23.5. The first-order chi connectivity index (χ1) is 14.6. The van der Waals surface area contributed by atoms with Gasteiger partial charge in [-0.15, -0.1) is 0 Å². The zero-order valence-electron chi connectivity index (χ0n) is 19.1. The smallest absolute Gasteiger partial charge is 0.354 e. The van der Waals surface area contributed by atoms with Crippen molar-refractivity contribution < 1.29 is 17.9 Å². The average molecular weight is 448 g/mol. The molecule has 0 spiro atoms. The van der Waals surface area contributed by atoms with E-state index in [1.807, 2.05) is 0 Å². The van der Waals surface area contributed by atoms with Gasteiger partial charge in [-0.2, -0.15) is 0 Å². The average Bonchev–Trinajstić information content (AvgIpc) is 3.05. The van der Waals surface area contributed by atoms with Gasteiger partial charge in [-0.25, -0.2) is 17.9 Å². The van der Waals surface area contributed by atoms with Crippen molar-refractivity contribution in [2.45, 2.75) is 45.1 Å². The van der Waals surface area contributed by atoms with Crippen molar-refractivity contribution in [3.8, 4) is 0 Å². The molecular weight excluding hydrogens is 414 g/mol. The lowest BCUT2D eigenvalue weighted by atomic mass is 9.96. The Morgan fingerprint density at radius 2 is 1.84 bits per heavy atom. The van der Waals surface area contributed by atoms with Crippen molar-refractivity contribution >= 4 is 16.0 Å². The molecule has 2 aromatic rings. The highest BCUT2D eigenvalue weighted by molar-refractivity contribution is 7.89. The molecule has 1 aromatic heterocycles. The molecular formula is C23H33N3O4S. The van der Waals surface area contributed by atoms with Crippen molar-refractivity contribution in [3.05, 3.63) is 52.3 Å². The first-order valence-corrected chi connectivity index (χ1v) is 12.1. The third-order valence-corrected chi connectivity index (χ3v) is 7.88. The monoisotopic (exact) mass is 447 g/mol. The van der Waals surface area contributed by atoms with Gasteiger partial charge >= 0.3 is 5.97 Å². The first-order valence-electron chi connectivity index (χ1n) is 10.6. The topological polar surface area (TPSA) is 80.6 Å². The molecule has 31 heavy (non-hydrogen) atoms. The standard InChI is InChI=1S/C23H33N3O4S/c1-16-6-7-17(2)20(12-16)15-26-10-8-19(9-11-26)14-24-31(28,29)22-13-21(23(27)30-5)25(4)18(22)3/h6-7,12-13,19,24H,8-11,14-15H2,1-5H3. The number of carbonyl (C=O) groups is 1. The molecule has 7 nitrogen and oxygen atoms in total. The Bertz CT molecular complexity index is 1050. The van der Waals surface area contributed by atoms with Crippen LogP contribution >= 0.6 is 0 Å². The number of rotatable bonds is 7. The van der Waals surface area contributed by atoms with Crippen LogP contribution < -0.4 is 4.72 Å². The van der Waals surface area contributed by atoms with Crippen molar-refractivity contribution in [1.29, 1.82) is 0 Å². The Balaban J connectivity index is 1.57. The molecule has 0 atom stereocenters. The number of esters is 1. The fourth-order valence-electron chi connectivity index (χ4n) is 4.11. The summed E-state index contributed by atoms with van der Waals surface area (Å²) < 4.78 is 34.8. The number of hydrogen-bond acceptors (Lipinski definition) is 5. The van der Waals surface area contributed by atoms with E-state index in [0.29, 0.717) is 18.2 Å². The van der Waals surface area contributed by atoms with Gasteiger partial charge < -0.3 is 9.30 Å². The Kier molecular flexibility index (Phi) is 7.24. The largest absolute Gasteiger partial charge is 0.464 e. The molecule has 1 fully saturated rings. The Morgan fingerprint density at radius 3 is 2.48 bits per heavy atom. The molecule has 1 saturated heterocycles. The van der Waals surface area contributed by atoms with Crippen molar-refractivity contribution in [1.82, 2.24) is 14.2 Å². The summed E-state index contributed by atoms with van der Waals surface area (Å²) in [6, 6.07) is 7.94. The number of piperidine rings is 1. The molecule has 0 aliphatic carbocycles. The summed E-state index contributed by atoms with van der Waals surface area (Å²) in [5, 5.41) is 0. The number of aryl methyl sites for hydroxylation is 2. The van der Waals surface area contributed by atoms with Gasteiger partial charge in [0.2, 0.25) is 10.0 Å². The number of benzene rings is 1. The lowest BCUT2D eigenvalue weighted by Gasteiger charge is -2.32. The van der Waals surface area contributed by atoms with Crippen LogP contribution in [0.3, 0.4) is 0 Å². The van der Waals surface area contributed by atoms with Crippen molar-refractivity contribution in [3.63, 3.8) is 0 Å². The van der Waals surface area contributed by atoms with E-state index >= 15 is 0 Å². The molecule has 1 aliphatic heterocycles. The Labute approximate surface area is 185 Å². The number of carbonyl (C=O) groups excluding carboxylic acids is 1. The molecule has 2 heterocycles. The second kappa shape index (κ2) is 9.54. The highest BCUT2D eigenvalue weighted by Crippen LogP contribution is 2.23. The van der Waals surface area contributed by atoms with E-state index in [4.69, 9.17) is 4.74 Å². The number of methoxy groups -OCH3 is 1. The summed E-state index contributed by atoms with van der Waals surface area (Å²) in [5.41, 5.74) is 4.68. The molecule has 3 rings (SSSR count). The molecule has 0 unspecified atom stereocenters. The minimum atomic E-state index is -3.70.